The van der Waals surface area contributed by atoms with Crippen LogP contribution in [0.15, 0.2) is 30.1 Å². The molecule has 0 aliphatic carbocycles. The molecule has 14 heavy (non-hydrogen) atoms. The summed E-state index contributed by atoms with van der Waals surface area (Å²) in [6, 6.07) is 7.25. The highest BCUT2D eigenvalue weighted by Gasteiger charge is 1.96. The van der Waals surface area contributed by atoms with Gasteiger partial charge in [-0.25, -0.2) is 0 Å². The monoisotopic (exact) mass is 207 g/mol. The van der Waals surface area contributed by atoms with Gasteiger partial charge < -0.3 is 11.1 Å². The Bertz CT molecular complexity index is 404. The number of benzene rings is 1. The molecular formula is C10H10ClN3. The number of aryl methyl sites for hydroxylation is 1. The van der Waals surface area contributed by atoms with Crippen LogP contribution in [0.5, 0.6) is 0 Å². The third-order valence-corrected chi connectivity index (χ3v) is 1.94. The van der Waals surface area contributed by atoms with E-state index >= 15 is 0 Å². The van der Waals surface area contributed by atoms with Crippen LogP contribution in [0.25, 0.3) is 0 Å². The van der Waals surface area contributed by atoms with Crippen molar-refractivity contribution in [1.82, 2.24) is 0 Å². The van der Waals surface area contributed by atoms with E-state index in [0.717, 1.165) is 11.3 Å². The highest BCUT2D eigenvalue weighted by molar-refractivity contribution is 6.30. The SMILES string of the molecule is Cc1cc(Cl)ccc1N/C=C(\N)C#N. The molecule has 72 valence electrons. The summed E-state index contributed by atoms with van der Waals surface area (Å²) >= 11 is 5.79. The number of halogens is 1. The second-order valence-electron chi connectivity index (χ2n) is 2.82. The molecule has 0 atom stereocenters. The predicted octanol–water partition coefficient (Wildman–Crippen LogP) is 2.38. The van der Waals surface area contributed by atoms with Gasteiger partial charge in [-0.2, -0.15) is 5.26 Å². The molecule has 4 heteroatoms. The Hall–Kier alpha value is -1.66. The molecule has 0 amide bonds. The molecule has 0 fully saturated rings. The average molecular weight is 208 g/mol. The molecule has 0 aromatic heterocycles. The summed E-state index contributed by atoms with van der Waals surface area (Å²) < 4.78 is 0. The molecular weight excluding hydrogens is 198 g/mol. The Kier molecular flexibility index (Phi) is 3.38. The molecule has 0 saturated heterocycles. The van der Waals surface area contributed by atoms with Gasteiger partial charge in [0.05, 0.1) is 0 Å². The Balaban J connectivity index is 2.84. The smallest absolute Gasteiger partial charge is 0.127 e. The van der Waals surface area contributed by atoms with Crippen LogP contribution in [-0.4, -0.2) is 0 Å². The van der Waals surface area contributed by atoms with Crippen LogP contribution in [0.1, 0.15) is 5.56 Å². The van der Waals surface area contributed by atoms with Gasteiger partial charge in [0.15, 0.2) is 0 Å². The Morgan fingerprint density at radius 3 is 2.93 bits per heavy atom. The van der Waals surface area contributed by atoms with Gasteiger partial charge in [-0.3, -0.25) is 0 Å². The summed E-state index contributed by atoms with van der Waals surface area (Å²) in [6.07, 6.45) is 1.45. The number of rotatable bonds is 2. The Labute approximate surface area is 87.8 Å². The van der Waals surface area contributed by atoms with Gasteiger partial charge in [0.2, 0.25) is 0 Å². The third-order valence-electron chi connectivity index (χ3n) is 1.70. The van der Waals surface area contributed by atoms with E-state index in [1.54, 1.807) is 6.07 Å². The zero-order valence-electron chi connectivity index (χ0n) is 7.71. The third kappa shape index (κ3) is 2.68. The van der Waals surface area contributed by atoms with Crippen LogP contribution in [0.2, 0.25) is 5.02 Å². The van der Waals surface area contributed by atoms with E-state index < -0.39 is 0 Å². The Morgan fingerprint density at radius 1 is 1.64 bits per heavy atom. The quantitative estimate of drug-likeness (QED) is 0.732. The second-order valence-corrected chi connectivity index (χ2v) is 3.25. The summed E-state index contributed by atoms with van der Waals surface area (Å²) in [5.41, 5.74) is 7.33. The van der Waals surface area contributed by atoms with Gasteiger partial charge in [0.25, 0.3) is 0 Å². The summed E-state index contributed by atoms with van der Waals surface area (Å²) in [6.45, 7) is 1.92. The van der Waals surface area contributed by atoms with E-state index in [-0.39, 0.29) is 5.70 Å². The standard InChI is InChI=1S/C10H10ClN3/c1-7-4-8(11)2-3-10(7)14-6-9(13)5-12/h2-4,6,14H,13H2,1H3/b9-6-. The molecule has 0 unspecified atom stereocenters. The lowest BCUT2D eigenvalue weighted by molar-refractivity contribution is 1.35. The summed E-state index contributed by atoms with van der Waals surface area (Å²) in [5.74, 6) is 0. The molecule has 0 saturated carbocycles. The predicted molar refractivity (Wildman–Crippen MR) is 57.7 cm³/mol. The number of hydrogen-bond donors (Lipinski definition) is 2. The van der Waals surface area contributed by atoms with E-state index in [2.05, 4.69) is 5.32 Å². The van der Waals surface area contributed by atoms with Crippen molar-refractivity contribution >= 4 is 17.3 Å². The van der Waals surface area contributed by atoms with E-state index in [0.29, 0.717) is 5.02 Å². The number of nitrogens with two attached hydrogens (primary N) is 1. The molecule has 0 heterocycles. The van der Waals surface area contributed by atoms with Gasteiger partial charge in [-0.15, -0.1) is 0 Å². The molecule has 0 spiro atoms. The minimum atomic E-state index is 0.138. The van der Waals surface area contributed by atoms with Crippen molar-refractivity contribution in [3.05, 3.63) is 40.7 Å². The van der Waals surface area contributed by atoms with E-state index in [1.807, 2.05) is 25.1 Å². The largest absolute Gasteiger partial charge is 0.389 e. The van der Waals surface area contributed by atoms with E-state index in [4.69, 9.17) is 22.6 Å². The zero-order valence-corrected chi connectivity index (χ0v) is 8.47. The molecule has 1 aromatic rings. The van der Waals surface area contributed by atoms with Gasteiger partial charge in [0.1, 0.15) is 11.8 Å². The summed E-state index contributed by atoms with van der Waals surface area (Å²) in [5, 5.41) is 12.0. The van der Waals surface area contributed by atoms with Crippen LogP contribution in [0.4, 0.5) is 5.69 Å². The van der Waals surface area contributed by atoms with Crippen molar-refractivity contribution in [2.75, 3.05) is 5.32 Å². The number of allylic oxidation sites excluding steroid dienone is 1. The Morgan fingerprint density at radius 2 is 2.36 bits per heavy atom. The van der Waals surface area contributed by atoms with Crippen LogP contribution >= 0.6 is 11.6 Å². The molecule has 0 radical (unpaired) electrons. The van der Waals surface area contributed by atoms with Gasteiger partial charge >= 0.3 is 0 Å². The first-order valence-corrected chi connectivity index (χ1v) is 4.39. The zero-order chi connectivity index (χ0) is 10.6. The molecule has 3 N–H and O–H groups in total. The topological polar surface area (TPSA) is 61.8 Å². The maximum Gasteiger partial charge on any atom is 0.127 e. The lowest BCUT2D eigenvalue weighted by atomic mass is 10.2. The maximum absolute atomic E-state index is 8.42. The molecule has 0 bridgehead atoms. The average Bonchev–Trinajstić information content (AvgIpc) is 2.16. The van der Waals surface area contributed by atoms with Gasteiger partial charge in [0, 0.05) is 16.9 Å². The van der Waals surface area contributed by atoms with Crippen molar-refractivity contribution in [2.45, 2.75) is 6.92 Å². The normalized spacial score (nSPS) is 10.8. The molecule has 0 aliphatic heterocycles. The first-order valence-electron chi connectivity index (χ1n) is 4.02. The first-order chi connectivity index (χ1) is 6.63. The molecule has 1 rings (SSSR count). The number of nitriles is 1. The lowest BCUT2D eigenvalue weighted by Gasteiger charge is -2.05. The van der Waals surface area contributed by atoms with Gasteiger partial charge in [-0.1, -0.05) is 11.6 Å². The van der Waals surface area contributed by atoms with Crippen molar-refractivity contribution in [2.24, 2.45) is 5.73 Å². The van der Waals surface area contributed by atoms with Gasteiger partial charge in [-0.05, 0) is 30.7 Å². The van der Waals surface area contributed by atoms with Crippen molar-refractivity contribution in [3.63, 3.8) is 0 Å². The van der Waals surface area contributed by atoms with E-state index in [1.165, 1.54) is 6.20 Å². The fourth-order valence-corrected chi connectivity index (χ4v) is 1.20. The number of nitrogens with zero attached hydrogens (tertiary/aromatic N) is 1. The molecule has 1 aromatic carbocycles. The maximum atomic E-state index is 8.42. The van der Waals surface area contributed by atoms with E-state index in [9.17, 15) is 0 Å². The molecule has 3 nitrogen and oxygen atoms in total. The summed E-state index contributed by atoms with van der Waals surface area (Å²) in [7, 11) is 0. The highest BCUT2D eigenvalue weighted by Crippen LogP contribution is 2.19. The summed E-state index contributed by atoms with van der Waals surface area (Å²) in [4.78, 5) is 0. The van der Waals surface area contributed by atoms with Crippen molar-refractivity contribution in [1.29, 1.82) is 5.26 Å². The minimum Gasteiger partial charge on any atom is -0.389 e. The number of nitrogens with one attached hydrogen (secondary N) is 1. The van der Waals surface area contributed by atoms with Crippen LogP contribution in [0.3, 0.4) is 0 Å². The minimum absolute atomic E-state index is 0.138. The van der Waals surface area contributed by atoms with Crippen LogP contribution < -0.4 is 11.1 Å². The van der Waals surface area contributed by atoms with Crippen LogP contribution in [-0.2, 0) is 0 Å². The number of hydrogen-bond acceptors (Lipinski definition) is 3. The van der Waals surface area contributed by atoms with Crippen molar-refractivity contribution in [3.8, 4) is 6.07 Å². The fraction of sp³-hybridized carbons (Fsp3) is 0.100. The number of anilines is 1. The van der Waals surface area contributed by atoms with Crippen molar-refractivity contribution < 1.29 is 0 Å². The first kappa shape index (κ1) is 10.4. The highest BCUT2D eigenvalue weighted by atomic mass is 35.5. The fourth-order valence-electron chi connectivity index (χ4n) is 0.977. The molecule has 0 aliphatic rings. The second kappa shape index (κ2) is 4.54. The lowest BCUT2D eigenvalue weighted by Crippen LogP contribution is -1.99. The van der Waals surface area contributed by atoms with Crippen LogP contribution in [0, 0.1) is 18.3 Å².